The minimum atomic E-state index is 0.0816. The molecule has 0 spiro atoms. The molecule has 18 heavy (non-hydrogen) atoms. The molecule has 1 heterocycles. The predicted octanol–water partition coefficient (Wildman–Crippen LogP) is 4.10. The Balaban J connectivity index is 2.34. The maximum atomic E-state index is 6.10. The lowest BCUT2D eigenvalue weighted by molar-refractivity contribution is 0.292. The third-order valence-corrected chi connectivity index (χ3v) is 4.22. The van der Waals surface area contributed by atoms with Crippen LogP contribution in [0, 0.1) is 5.41 Å². The molecule has 2 nitrogen and oxygen atoms in total. The minimum Gasteiger partial charge on any atom is -0.371 e. The van der Waals surface area contributed by atoms with Crippen molar-refractivity contribution in [1.82, 2.24) is 0 Å². The van der Waals surface area contributed by atoms with E-state index in [2.05, 4.69) is 59.8 Å². The van der Waals surface area contributed by atoms with E-state index in [-0.39, 0.29) is 6.04 Å². The maximum absolute atomic E-state index is 6.10. The van der Waals surface area contributed by atoms with E-state index in [9.17, 15) is 0 Å². The van der Waals surface area contributed by atoms with Crippen molar-refractivity contribution in [3.05, 3.63) is 28.2 Å². The SMILES string of the molecule is CC(N)c1ccc(Br)cc1N1CCCC(C)(C)C1. The Morgan fingerprint density at radius 2 is 2.11 bits per heavy atom. The summed E-state index contributed by atoms with van der Waals surface area (Å²) in [5, 5.41) is 0. The van der Waals surface area contributed by atoms with Crippen LogP contribution >= 0.6 is 15.9 Å². The molecule has 1 aliphatic rings. The van der Waals surface area contributed by atoms with Gasteiger partial charge in [-0.25, -0.2) is 0 Å². The summed E-state index contributed by atoms with van der Waals surface area (Å²) in [4.78, 5) is 2.49. The predicted molar refractivity (Wildman–Crippen MR) is 82.0 cm³/mol. The molecule has 1 fully saturated rings. The summed E-state index contributed by atoms with van der Waals surface area (Å²) in [5.41, 5.74) is 9.04. The van der Waals surface area contributed by atoms with Crippen molar-refractivity contribution in [3.8, 4) is 0 Å². The first-order valence-electron chi connectivity index (χ1n) is 6.69. The molecule has 0 radical (unpaired) electrons. The fraction of sp³-hybridized carbons (Fsp3) is 0.600. The Morgan fingerprint density at radius 3 is 2.72 bits per heavy atom. The molecule has 1 unspecified atom stereocenters. The molecule has 0 amide bonds. The number of rotatable bonds is 2. The van der Waals surface area contributed by atoms with Crippen LogP contribution in [0.4, 0.5) is 5.69 Å². The number of piperidine rings is 1. The van der Waals surface area contributed by atoms with Gasteiger partial charge in [-0.2, -0.15) is 0 Å². The first-order chi connectivity index (χ1) is 8.39. The van der Waals surface area contributed by atoms with E-state index in [1.165, 1.54) is 24.1 Å². The van der Waals surface area contributed by atoms with Gasteiger partial charge in [-0.15, -0.1) is 0 Å². The number of anilines is 1. The summed E-state index contributed by atoms with van der Waals surface area (Å²) in [6.45, 7) is 9.01. The van der Waals surface area contributed by atoms with E-state index in [0.717, 1.165) is 17.6 Å². The van der Waals surface area contributed by atoms with Gasteiger partial charge < -0.3 is 10.6 Å². The van der Waals surface area contributed by atoms with E-state index < -0.39 is 0 Å². The van der Waals surface area contributed by atoms with Crippen molar-refractivity contribution in [2.45, 2.75) is 39.7 Å². The minimum absolute atomic E-state index is 0.0816. The Morgan fingerprint density at radius 1 is 1.39 bits per heavy atom. The fourth-order valence-corrected chi connectivity index (χ4v) is 3.15. The standard InChI is InChI=1S/C15H23BrN2/c1-11(17)13-6-5-12(16)9-14(13)18-8-4-7-15(2,3)10-18/h5-6,9,11H,4,7-8,10,17H2,1-3H3. The van der Waals surface area contributed by atoms with E-state index >= 15 is 0 Å². The van der Waals surface area contributed by atoms with Crippen molar-refractivity contribution in [1.29, 1.82) is 0 Å². The molecule has 1 aromatic carbocycles. The Kier molecular flexibility index (Phi) is 4.02. The highest BCUT2D eigenvalue weighted by molar-refractivity contribution is 9.10. The normalized spacial score (nSPS) is 20.8. The van der Waals surface area contributed by atoms with Gasteiger partial charge in [0.15, 0.2) is 0 Å². The van der Waals surface area contributed by atoms with Crippen molar-refractivity contribution in [2.24, 2.45) is 11.1 Å². The van der Waals surface area contributed by atoms with Gasteiger partial charge in [-0.3, -0.25) is 0 Å². The number of hydrogen-bond donors (Lipinski definition) is 1. The molecule has 2 rings (SSSR count). The van der Waals surface area contributed by atoms with Crippen LogP contribution in [0.25, 0.3) is 0 Å². The molecule has 1 aliphatic heterocycles. The van der Waals surface area contributed by atoms with Gasteiger partial charge >= 0.3 is 0 Å². The topological polar surface area (TPSA) is 29.3 Å². The summed E-state index contributed by atoms with van der Waals surface area (Å²) < 4.78 is 1.13. The van der Waals surface area contributed by atoms with Crippen LogP contribution in [-0.2, 0) is 0 Å². The van der Waals surface area contributed by atoms with E-state index in [1.807, 2.05) is 0 Å². The lowest BCUT2D eigenvalue weighted by atomic mass is 9.83. The molecule has 3 heteroatoms. The van der Waals surface area contributed by atoms with Crippen LogP contribution in [0.3, 0.4) is 0 Å². The van der Waals surface area contributed by atoms with Crippen LogP contribution < -0.4 is 10.6 Å². The summed E-state index contributed by atoms with van der Waals surface area (Å²) in [6.07, 6.45) is 2.57. The van der Waals surface area contributed by atoms with Crippen LogP contribution in [-0.4, -0.2) is 13.1 Å². The van der Waals surface area contributed by atoms with Crippen molar-refractivity contribution in [2.75, 3.05) is 18.0 Å². The first-order valence-corrected chi connectivity index (χ1v) is 7.48. The molecule has 2 N–H and O–H groups in total. The Labute approximate surface area is 119 Å². The lowest BCUT2D eigenvalue weighted by Gasteiger charge is -2.40. The molecule has 0 saturated carbocycles. The molecule has 0 bridgehead atoms. The van der Waals surface area contributed by atoms with Crippen molar-refractivity contribution >= 4 is 21.6 Å². The molecular formula is C15H23BrN2. The maximum Gasteiger partial charge on any atom is 0.0426 e. The quantitative estimate of drug-likeness (QED) is 0.891. The van der Waals surface area contributed by atoms with Gasteiger partial charge in [0.25, 0.3) is 0 Å². The zero-order valence-electron chi connectivity index (χ0n) is 11.5. The Bertz CT molecular complexity index is 427. The number of nitrogens with zero attached hydrogens (tertiary/aromatic N) is 1. The largest absolute Gasteiger partial charge is 0.371 e. The number of halogens is 1. The highest BCUT2D eigenvalue weighted by Gasteiger charge is 2.27. The van der Waals surface area contributed by atoms with Crippen LogP contribution in [0.2, 0.25) is 0 Å². The van der Waals surface area contributed by atoms with Gasteiger partial charge in [0.05, 0.1) is 0 Å². The van der Waals surface area contributed by atoms with Crippen LogP contribution in [0.15, 0.2) is 22.7 Å². The molecule has 0 aliphatic carbocycles. The van der Waals surface area contributed by atoms with Gasteiger partial charge in [0.1, 0.15) is 0 Å². The lowest BCUT2D eigenvalue weighted by Crippen LogP contribution is -2.40. The molecule has 100 valence electrons. The number of hydrogen-bond acceptors (Lipinski definition) is 2. The Hall–Kier alpha value is -0.540. The monoisotopic (exact) mass is 310 g/mol. The van der Waals surface area contributed by atoms with Crippen molar-refractivity contribution in [3.63, 3.8) is 0 Å². The zero-order valence-corrected chi connectivity index (χ0v) is 13.1. The summed E-state index contributed by atoms with van der Waals surface area (Å²) in [7, 11) is 0. The molecular weight excluding hydrogens is 288 g/mol. The number of benzene rings is 1. The second-order valence-corrected chi connectivity index (χ2v) is 7.10. The average Bonchev–Trinajstić information content (AvgIpc) is 2.27. The third-order valence-electron chi connectivity index (χ3n) is 3.72. The van der Waals surface area contributed by atoms with Crippen LogP contribution in [0.5, 0.6) is 0 Å². The second kappa shape index (κ2) is 5.22. The summed E-state index contributed by atoms with van der Waals surface area (Å²) in [5.74, 6) is 0. The highest BCUT2D eigenvalue weighted by atomic mass is 79.9. The van der Waals surface area contributed by atoms with Gasteiger partial charge in [0.2, 0.25) is 0 Å². The van der Waals surface area contributed by atoms with Gasteiger partial charge in [-0.1, -0.05) is 35.8 Å². The second-order valence-electron chi connectivity index (χ2n) is 6.18. The smallest absolute Gasteiger partial charge is 0.0426 e. The first kappa shape index (κ1) is 13.9. The number of nitrogens with two attached hydrogens (primary N) is 1. The zero-order chi connectivity index (χ0) is 13.3. The molecule has 1 atom stereocenters. The third kappa shape index (κ3) is 3.07. The van der Waals surface area contributed by atoms with Crippen LogP contribution in [0.1, 0.15) is 45.2 Å². The van der Waals surface area contributed by atoms with E-state index in [0.29, 0.717) is 5.41 Å². The fourth-order valence-electron chi connectivity index (χ4n) is 2.80. The summed E-state index contributed by atoms with van der Waals surface area (Å²) >= 11 is 3.57. The van der Waals surface area contributed by atoms with Crippen molar-refractivity contribution < 1.29 is 0 Å². The molecule has 1 aromatic rings. The van der Waals surface area contributed by atoms with E-state index in [4.69, 9.17) is 5.73 Å². The van der Waals surface area contributed by atoms with Gasteiger partial charge in [-0.05, 0) is 42.9 Å². The average molecular weight is 311 g/mol. The highest BCUT2D eigenvalue weighted by Crippen LogP contribution is 2.35. The van der Waals surface area contributed by atoms with Gasteiger partial charge in [0, 0.05) is 29.3 Å². The summed E-state index contributed by atoms with van der Waals surface area (Å²) in [6, 6.07) is 6.52. The van der Waals surface area contributed by atoms with E-state index in [1.54, 1.807) is 0 Å². The molecule has 0 aromatic heterocycles. The molecule has 1 saturated heterocycles.